The predicted octanol–water partition coefficient (Wildman–Crippen LogP) is 1.13. The Morgan fingerprint density at radius 3 is 3.07 bits per heavy atom. The van der Waals surface area contributed by atoms with Gasteiger partial charge in [0.2, 0.25) is 0 Å². The zero-order chi connectivity index (χ0) is 9.97. The van der Waals surface area contributed by atoms with E-state index in [1.807, 2.05) is 0 Å². The molecule has 0 radical (unpaired) electrons. The van der Waals surface area contributed by atoms with Gasteiger partial charge in [-0.25, -0.2) is 0 Å². The largest absolute Gasteiger partial charge is 0.508 e. The number of phenols is 1. The van der Waals surface area contributed by atoms with Crippen LogP contribution in [0, 0.1) is 5.92 Å². The van der Waals surface area contributed by atoms with Crippen LogP contribution in [-0.4, -0.2) is 18.2 Å². The van der Waals surface area contributed by atoms with E-state index in [-0.39, 0.29) is 0 Å². The first kappa shape index (κ1) is 9.34. The second-order valence-corrected chi connectivity index (χ2v) is 3.95. The van der Waals surface area contributed by atoms with Gasteiger partial charge < -0.3 is 16.2 Å². The van der Waals surface area contributed by atoms with Gasteiger partial charge in [0, 0.05) is 5.69 Å². The van der Waals surface area contributed by atoms with Crippen molar-refractivity contribution >= 4 is 5.69 Å². The topological polar surface area (TPSA) is 58.3 Å². The van der Waals surface area contributed by atoms with E-state index in [9.17, 15) is 5.11 Å². The molecule has 3 heteroatoms. The summed E-state index contributed by atoms with van der Waals surface area (Å²) in [6, 6.07) is 5.17. The zero-order valence-corrected chi connectivity index (χ0v) is 8.16. The second kappa shape index (κ2) is 3.88. The summed E-state index contributed by atoms with van der Waals surface area (Å²) < 4.78 is 0. The van der Waals surface area contributed by atoms with Gasteiger partial charge in [-0.2, -0.15) is 0 Å². The predicted molar refractivity (Wildman–Crippen MR) is 57.2 cm³/mol. The van der Waals surface area contributed by atoms with Gasteiger partial charge in [0.1, 0.15) is 5.75 Å². The van der Waals surface area contributed by atoms with Crippen LogP contribution < -0.4 is 11.1 Å². The number of rotatable bonds is 2. The zero-order valence-electron chi connectivity index (χ0n) is 8.16. The molecule has 1 fully saturated rings. The molecule has 1 aromatic rings. The van der Waals surface area contributed by atoms with Crippen LogP contribution in [0.3, 0.4) is 0 Å². The van der Waals surface area contributed by atoms with Crippen molar-refractivity contribution in [3.63, 3.8) is 0 Å². The van der Waals surface area contributed by atoms with Crippen molar-refractivity contribution in [1.82, 2.24) is 5.32 Å². The van der Waals surface area contributed by atoms with Gasteiger partial charge in [0.15, 0.2) is 0 Å². The highest BCUT2D eigenvalue weighted by Crippen LogP contribution is 2.23. The summed E-state index contributed by atoms with van der Waals surface area (Å²) in [5.74, 6) is 0.972. The van der Waals surface area contributed by atoms with Gasteiger partial charge in [-0.1, -0.05) is 0 Å². The van der Waals surface area contributed by atoms with Crippen molar-refractivity contribution < 1.29 is 5.11 Å². The molecule has 1 saturated heterocycles. The number of nitrogens with two attached hydrogens (primary N) is 1. The number of hydrogen-bond donors (Lipinski definition) is 3. The van der Waals surface area contributed by atoms with Gasteiger partial charge in [-0.3, -0.25) is 0 Å². The molecule has 1 aromatic carbocycles. The molecular formula is C11H16N2O. The molecule has 1 heterocycles. The number of phenolic OH excluding ortho intramolecular Hbond substituents is 1. The lowest BCUT2D eigenvalue weighted by Gasteiger charge is -2.10. The van der Waals surface area contributed by atoms with Crippen molar-refractivity contribution in [1.29, 1.82) is 0 Å². The molecule has 0 bridgehead atoms. The molecule has 1 atom stereocenters. The molecule has 0 spiro atoms. The van der Waals surface area contributed by atoms with Gasteiger partial charge in [-0.05, 0) is 55.6 Å². The number of hydrogen-bond acceptors (Lipinski definition) is 3. The third-order valence-corrected chi connectivity index (χ3v) is 2.80. The lowest BCUT2D eigenvalue weighted by molar-refractivity contribution is 0.473. The Bertz CT molecular complexity index is 319. The maximum absolute atomic E-state index is 9.34. The Kier molecular flexibility index (Phi) is 2.59. The summed E-state index contributed by atoms with van der Waals surface area (Å²) in [6.45, 7) is 2.17. The molecule has 2 rings (SSSR count). The minimum absolute atomic E-state index is 0.306. The fourth-order valence-corrected chi connectivity index (χ4v) is 1.97. The first-order chi connectivity index (χ1) is 6.75. The lowest BCUT2D eigenvalue weighted by atomic mass is 9.97. The van der Waals surface area contributed by atoms with E-state index in [1.165, 1.54) is 6.42 Å². The first-order valence-electron chi connectivity index (χ1n) is 5.04. The van der Waals surface area contributed by atoms with Crippen molar-refractivity contribution in [2.75, 3.05) is 18.8 Å². The summed E-state index contributed by atoms with van der Waals surface area (Å²) in [5.41, 5.74) is 7.69. The number of nitrogen functional groups attached to an aromatic ring is 1. The molecule has 0 amide bonds. The highest BCUT2D eigenvalue weighted by Gasteiger charge is 2.16. The normalized spacial score (nSPS) is 21.3. The fraction of sp³-hybridized carbons (Fsp3) is 0.455. The molecule has 0 aromatic heterocycles. The quantitative estimate of drug-likeness (QED) is 0.486. The van der Waals surface area contributed by atoms with Crippen LogP contribution in [0.4, 0.5) is 5.69 Å². The molecule has 0 aliphatic carbocycles. The number of benzene rings is 1. The Morgan fingerprint density at radius 2 is 2.36 bits per heavy atom. The number of anilines is 1. The van der Waals surface area contributed by atoms with E-state index in [4.69, 9.17) is 5.73 Å². The number of aromatic hydroxyl groups is 1. The van der Waals surface area contributed by atoms with Crippen LogP contribution >= 0.6 is 0 Å². The van der Waals surface area contributed by atoms with Gasteiger partial charge >= 0.3 is 0 Å². The molecule has 0 saturated carbocycles. The lowest BCUT2D eigenvalue weighted by Crippen LogP contribution is -2.11. The maximum atomic E-state index is 9.34. The van der Waals surface area contributed by atoms with Crippen molar-refractivity contribution in [3.8, 4) is 5.75 Å². The van der Waals surface area contributed by atoms with Crippen LogP contribution in [0.5, 0.6) is 5.75 Å². The molecule has 14 heavy (non-hydrogen) atoms. The highest BCUT2D eigenvalue weighted by molar-refractivity contribution is 5.50. The summed E-state index contributed by atoms with van der Waals surface area (Å²) in [5, 5.41) is 12.7. The molecule has 76 valence electrons. The van der Waals surface area contributed by atoms with Crippen LogP contribution in [0.1, 0.15) is 12.0 Å². The number of nitrogens with one attached hydrogen (secondary N) is 1. The van der Waals surface area contributed by atoms with Crippen molar-refractivity contribution in [2.45, 2.75) is 12.8 Å². The van der Waals surface area contributed by atoms with E-state index >= 15 is 0 Å². The van der Waals surface area contributed by atoms with Crippen molar-refractivity contribution in [3.05, 3.63) is 23.8 Å². The van der Waals surface area contributed by atoms with E-state index < -0.39 is 0 Å². The van der Waals surface area contributed by atoms with Crippen LogP contribution in [0.15, 0.2) is 18.2 Å². The van der Waals surface area contributed by atoms with Crippen molar-refractivity contribution in [2.24, 2.45) is 5.92 Å². The smallest absolute Gasteiger partial charge is 0.116 e. The molecule has 4 N–H and O–H groups in total. The van der Waals surface area contributed by atoms with E-state index in [2.05, 4.69) is 5.32 Å². The van der Waals surface area contributed by atoms with Crippen LogP contribution in [0.25, 0.3) is 0 Å². The van der Waals surface area contributed by atoms with Gasteiger partial charge in [-0.15, -0.1) is 0 Å². The minimum atomic E-state index is 0.306. The SMILES string of the molecule is Nc1ccc(O)cc1CC1CCNC1. The molecule has 1 unspecified atom stereocenters. The molecule has 1 aliphatic heterocycles. The van der Waals surface area contributed by atoms with E-state index in [0.717, 1.165) is 30.8 Å². The Hall–Kier alpha value is -1.22. The molecule has 1 aliphatic rings. The van der Waals surface area contributed by atoms with Gasteiger partial charge in [0.25, 0.3) is 0 Å². The summed E-state index contributed by atoms with van der Waals surface area (Å²) >= 11 is 0. The Morgan fingerprint density at radius 1 is 1.50 bits per heavy atom. The second-order valence-electron chi connectivity index (χ2n) is 3.95. The molecular weight excluding hydrogens is 176 g/mol. The average molecular weight is 192 g/mol. The first-order valence-corrected chi connectivity index (χ1v) is 5.04. The summed E-state index contributed by atoms with van der Waals surface area (Å²) in [4.78, 5) is 0. The van der Waals surface area contributed by atoms with E-state index in [0.29, 0.717) is 11.7 Å². The summed E-state index contributed by atoms with van der Waals surface area (Å²) in [7, 11) is 0. The highest BCUT2D eigenvalue weighted by atomic mass is 16.3. The third-order valence-electron chi connectivity index (χ3n) is 2.80. The Labute approximate surface area is 83.9 Å². The van der Waals surface area contributed by atoms with Crippen LogP contribution in [-0.2, 0) is 6.42 Å². The standard InChI is InChI=1S/C11H16N2O/c12-11-2-1-10(14)6-9(11)5-8-3-4-13-7-8/h1-2,6,8,13-14H,3-5,7,12H2. The van der Waals surface area contributed by atoms with Crippen LogP contribution in [0.2, 0.25) is 0 Å². The van der Waals surface area contributed by atoms with Gasteiger partial charge in [0.05, 0.1) is 0 Å². The third kappa shape index (κ3) is 1.99. The monoisotopic (exact) mass is 192 g/mol. The minimum Gasteiger partial charge on any atom is -0.508 e. The fourth-order valence-electron chi connectivity index (χ4n) is 1.97. The summed E-state index contributed by atoms with van der Waals surface area (Å²) in [6.07, 6.45) is 2.17. The Balaban J connectivity index is 2.10. The average Bonchev–Trinajstić information content (AvgIpc) is 2.64. The molecule has 3 nitrogen and oxygen atoms in total. The maximum Gasteiger partial charge on any atom is 0.116 e. The van der Waals surface area contributed by atoms with E-state index in [1.54, 1.807) is 18.2 Å².